The molecule has 26 heavy (non-hydrogen) atoms. The maximum absolute atomic E-state index is 13.2. The van der Waals surface area contributed by atoms with Crippen LogP contribution in [0.5, 0.6) is 0 Å². The highest BCUT2D eigenvalue weighted by Crippen LogP contribution is 2.30. The first kappa shape index (κ1) is 20.3. The minimum absolute atomic E-state index is 0.240. The summed E-state index contributed by atoms with van der Waals surface area (Å²) in [5.41, 5.74) is 0.366. The Morgan fingerprint density at radius 2 is 1.73 bits per heavy atom. The van der Waals surface area contributed by atoms with Crippen molar-refractivity contribution in [1.82, 2.24) is 14.3 Å². The number of pyridine rings is 1. The highest BCUT2D eigenvalue weighted by molar-refractivity contribution is 5.94. The number of amides is 1. The summed E-state index contributed by atoms with van der Waals surface area (Å²) >= 11 is 0. The van der Waals surface area contributed by atoms with E-state index in [-0.39, 0.29) is 11.6 Å². The van der Waals surface area contributed by atoms with Crippen LogP contribution in [0.2, 0.25) is 0 Å². The number of nitrogens with zero attached hydrogens (tertiary/aromatic N) is 3. The van der Waals surface area contributed by atoms with E-state index in [1.807, 2.05) is 20.8 Å². The molecule has 2 heterocycles. The van der Waals surface area contributed by atoms with Crippen molar-refractivity contribution in [3.8, 4) is 0 Å². The number of aryl methyl sites for hydroxylation is 1. The van der Waals surface area contributed by atoms with Crippen LogP contribution in [0.1, 0.15) is 68.2 Å². The van der Waals surface area contributed by atoms with Gasteiger partial charge in [0.2, 0.25) is 0 Å². The van der Waals surface area contributed by atoms with Crippen LogP contribution < -0.4 is 0 Å². The fourth-order valence-corrected chi connectivity index (χ4v) is 2.90. The molecule has 2 rings (SSSR count). The summed E-state index contributed by atoms with van der Waals surface area (Å²) < 4.78 is 40.6. The second-order valence-electron chi connectivity index (χ2n) is 6.40. The molecule has 0 saturated carbocycles. The highest BCUT2D eigenvalue weighted by Gasteiger charge is 2.32. The van der Waals surface area contributed by atoms with Gasteiger partial charge in [-0.05, 0) is 31.4 Å². The highest BCUT2D eigenvalue weighted by atomic mass is 19.4. The molecule has 0 bridgehead atoms. The fourth-order valence-electron chi connectivity index (χ4n) is 2.90. The zero-order valence-corrected chi connectivity index (χ0v) is 15.6. The summed E-state index contributed by atoms with van der Waals surface area (Å²) in [6.45, 7) is 7.15. The maximum atomic E-state index is 13.2. The molecule has 4 nitrogen and oxygen atoms in total. The van der Waals surface area contributed by atoms with Crippen LogP contribution in [0.3, 0.4) is 0 Å². The molecule has 0 fully saturated rings. The monoisotopic (exact) mass is 369 g/mol. The number of hydrogen-bond acceptors (Lipinski definition) is 2. The minimum atomic E-state index is -4.46. The largest absolute Gasteiger partial charge is 0.417 e. The van der Waals surface area contributed by atoms with Crippen molar-refractivity contribution in [3.05, 3.63) is 35.3 Å². The molecule has 0 aliphatic heterocycles. The molecule has 0 aromatic carbocycles. The molecule has 1 amide bonds. The van der Waals surface area contributed by atoms with E-state index in [1.54, 1.807) is 4.90 Å². The zero-order valence-electron chi connectivity index (χ0n) is 15.6. The number of hydrogen-bond donors (Lipinski definition) is 0. The lowest BCUT2D eigenvalue weighted by atomic mass is 10.2. The predicted octanol–water partition coefficient (Wildman–Crippen LogP) is 4.96. The van der Waals surface area contributed by atoms with Crippen LogP contribution in [0.25, 0.3) is 5.65 Å². The third-order valence-corrected chi connectivity index (χ3v) is 4.41. The molecule has 0 radical (unpaired) electrons. The Balaban J connectivity index is 2.51. The molecule has 0 N–H and O–H groups in total. The molecule has 0 spiro atoms. The van der Waals surface area contributed by atoms with Crippen LogP contribution in [0.15, 0.2) is 18.3 Å². The van der Waals surface area contributed by atoms with Crippen LogP contribution in [0, 0.1) is 0 Å². The third kappa shape index (κ3) is 4.37. The molecule has 0 atom stereocenters. The summed E-state index contributed by atoms with van der Waals surface area (Å²) in [6, 6.07) is 2.32. The first-order valence-electron chi connectivity index (χ1n) is 9.20. The van der Waals surface area contributed by atoms with Gasteiger partial charge in [0.1, 0.15) is 11.3 Å². The van der Waals surface area contributed by atoms with Crippen molar-refractivity contribution < 1.29 is 18.0 Å². The summed E-state index contributed by atoms with van der Waals surface area (Å²) in [6.07, 6.45) is 0.619. The average molecular weight is 369 g/mol. The van der Waals surface area contributed by atoms with Crippen molar-refractivity contribution >= 4 is 11.6 Å². The number of alkyl halides is 3. The van der Waals surface area contributed by atoms with Crippen molar-refractivity contribution in [2.24, 2.45) is 0 Å². The van der Waals surface area contributed by atoms with E-state index in [1.165, 1.54) is 10.5 Å². The number of fused-ring (bicyclic) bond motifs is 1. The predicted molar refractivity (Wildman–Crippen MR) is 95.3 cm³/mol. The van der Waals surface area contributed by atoms with Gasteiger partial charge in [-0.1, -0.05) is 33.6 Å². The molecule has 0 aliphatic carbocycles. The van der Waals surface area contributed by atoms with Gasteiger partial charge in [-0.25, -0.2) is 4.98 Å². The van der Waals surface area contributed by atoms with Gasteiger partial charge in [0, 0.05) is 19.3 Å². The fraction of sp³-hybridized carbons (Fsp3) is 0.579. The molecular formula is C19H26F3N3O. The Bertz CT molecular complexity index is 744. The number of carbonyl (C=O) groups excluding carboxylic acids is 1. The Morgan fingerprint density at radius 3 is 2.23 bits per heavy atom. The van der Waals surface area contributed by atoms with Crippen LogP contribution in [-0.4, -0.2) is 33.3 Å². The first-order valence-corrected chi connectivity index (χ1v) is 9.20. The van der Waals surface area contributed by atoms with Gasteiger partial charge < -0.3 is 4.90 Å². The summed E-state index contributed by atoms with van der Waals surface area (Å²) in [5, 5.41) is 0. The Labute approximate surface area is 152 Å². The van der Waals surface area contributed by atoms with Gasteiger partial charge in [-0.15, -0.1) is 0 Å². The standard InChI is InChI=1S/C19H26F3N3O/c1-4-7-11-24(12-8-5-2)18(26)17-15(6-3)23-16-10-9-14(13-25(16)17)19(20,21)22/h9-10,13H,4-8,11-12H2,1-3H3. The third-order valence-electron chi connectivity index (χ3n) is 4.41. The van der Waals surface area contributed by atoms with Crippen molar-refractivity contribution in [1.29, 1.82) is 0 Å². The molecule has 144 valence electrons. The number of carbonyl (C=O) groups is 1. The molecule has 0 unspecified atom stereocenters. The summed E-state index contributed by atoms with van der Waals surface area (Å²) in [7, 11) is 0. The van der Waals surface area contributed by atoms with Crippen LogP contribution >= 0.6 is 0 Å². The Morgan fingerprint density at radius 1 is 1.12 bits per heavy atom. The van der Waals surface area contributed by atoms with E-state index in [0.29, 0.717) is 30.9 Å². The smallest absolute Gasteiger partial charge is 0.337 e. The van der Waals surface area contributed by atoms with E-state index in [0.717, 1.165) is 37.9 Å². The Kier molecular flexibility index (Phi) is 6.67. The lowest BCUT2D eigenvalue weighted by molar-refractivity contribution is -0.137. The van der Waals surface area contributed by atoms with Crippen LogP contribution in [0.4, 0.5) is 13.2 Å². The Hall–Kier alpha value is -2.05. The SMILES string of the molecule is CCCCN(CCCC)C(=O)c1c(CC)nc2ccc(C(F)(F)F)cn12. The average Bonchev–Trinajstić information content (AvgIpc) is 2.98. The van der Waals surface area contributed by atoms with Gasteiger partial charge in [-0.3, -0.25) is 9.20 Å². The maximum Gasteiger partial charge on any atom is 0.417 e. The van der Waals surface area contributed by atoms with Crippen molar-refractivity contribution in [2.45, 2.75) is 59.1 Å². The zero-order chi connectivity index (χ0) is 19.3. The van der Waals surface area contributed by atoms with Gasteiger partial charge in [0.05, 0.1) is 11.3 Å². The minimum Gasteiger partial charge on any atom is -0.337 e. The number of rotatable bonds is 8. The molecule has 2 aromatic heterocycles. The van der Waals surface area contributed by atoms with E-state index >= 15 is 0 Å². The number of unbranched alkanes of at least 4 members (excludes halogenated alkanes) is 2. The van der Waals surface area contributed by atoms with Crippen LogP contribution in [-0.2, 0) is 12.6 Å². The topological polar surface area (TPSA) is 37.6 Å². The summed E-state index contributed by atoms with van der Waals surface area (Å²) in [5.74, 6) is -0.240. The van der Waals surface area contributed by atoms with Gasteiger partial charge >= 0.3 is 6.18 Å². The normalized spacial score (nSPS) is 11.9. The van der Waals surface area contributed by atoms with Crippen molar-refractivity contribution in [3.63, 3.8) is 0 Å². The van der Waals surface area contributed by atoms with E-state index in [2.05, 4.69) is 4.98 Å². The van der Waals surface area contributed by atoms with E-state index in [4.69, 9.17) is 0 Å². The second-order valence-corrected chi connectivity index (χ2v) is 6.40. The van der Waals surface area contributed by atoms with Gasteiger partial charge in [0.25, 0.3) is 5.91 Å². The second kappa shape index (κ2) is 8.56. The van der Waals surface area contributed by atoms with Gasteiger partial charge in [-0.2, -0.15) is 13.2 Å². The molecule has 2 aromatic rings. The molecule has 7 heteroatoms. The summed E-state index contributed by atoms with van der Waals surface area (Å²) in [4.78, 5) is 19.3. The van der Waals surface area contributed by atoms with E-state index < -0.39 is 11.7 Å². The molecule has 0 aliphatic rings. The lowest BCUT2D eigenvalue weighted by Crippen LogP contribution is -2.34. The van der Waals surface area contributed by atoms with Gasteiger partial charge in [0.15, 0.2) is 0 Å². The lowest BCUT2D eigenvalue weighted by Gasteiger charge is -2.23. The molecule has 0 saturated heterocycles. The van der Waals surface area contributed by atoms with E-state index in [9.17, 15) is 18.0 Å². The number of halogens is 3. The number of imidazole rings is 1. The number of aromatic nitrogens is 2. The quantitative estimate of drug-likeness (QED) is 0.660. The van der Waals surface area contributed by atoms with Crippen molar-refractivity contribution in [2.75, 3.05) is 13.1 Å². The first-order chi connectivity index (χ1) is 12.3. The molecular weight excluding hydrogens is 343 g/mol.